The van der Waals surface area contributed by atoms with Gasteiger partial charge in [-0.3, -0.25) is 15.1 Å². The predicted molar refractivity (Wildman–Crippen MR) is 110 cm³/mol. The molecule has 29 heavy (non-hydrogen) atoms. The number of hydrogen-bond acceptors (Lipinski definition) is 7. The molecule has 1 N–H and O–H groups in total. The van der Waals surface area contributed by atoms with Crippen LogP contribution in [-0.2, 0) is 6.42 Å². The zero-order valence-electron chi connectivity index (χ0n) is 15.6. The molecule has 0 saturated carbocycles. The summed E-state index contributed by atoms with van der Waals surface area (Å²) < 4.78 is 5.80. The van der Waals surface area contributed by atoms with Crippen LogP contribution < -0.4 is 10.1 Å². The lowest BCUT2D eigenvalue weighted by molar-refractivity contribution is -0.385. The van der Waals surface area contributed by atoms with Crippen molar-refractivity contribution in [1.29, 1.82) is 0 Å². The Labute approximate surface area is 166 Å². The third-order valence-corrected chi connectivity index (χ3v) is 4.40. The average molecular weight is 387 g/mol. The Morgan fingerprint density at radius 3 is 2.59 bits per heavy atom. The van der Waals surface area contributed by atoms with Crippen LogP contribution in [-0.4, -0.2) is 19.9 Å². The normalized spacial score (nSPS) is 10.7. The molecule has 0 fully saturated rings. The van der Waals surface area contributed by atoms with E-state index in [4.69, 9.17) is 4.74 Å². The first-order chi connectivity index (χ1) is 14.2. The Morgan fingerprint density at radius 1 is 1.03 bits per heavy atom. The molecule has 4 aromatic rings. The van der Waals surface area contributed by atoms with Crippen LogP contribution in [0.5, 0.6) is 11.6 Å². The molecule has 4 rings (SSSR count). The van der Waals surface area contributed by atoms with Crippen molar-refractivity contribution in [2.75, 3.05) is 5.32 Å². The number of aryl methyl sites for hydroxylation is 1. The summed E-state index contributed by atoms with van der Waals surface area (Å²) in [6.45, 7) is 2.06. The first-order valence-corrected chi connectivity index (χ1v) is 9.02. The van der Waals surface area contributed by atoms with Crippen LogP contribution in [0.25, 0.3) is 10.9 Å². The minimum absolute atomic E-state index is 0.0532. The topological polar surface area (TPSA) is 103 Å². The summed E-state index contributed by atoms with van der Waals surface area (Å²) in [4.78, 5) is 23.6. The van der Waals surface area contributed by atoms with Crippen molar-refractivity contribution in [2.24, 2.45) is 0 Å². The van der Waals surface area contributed by atoms with E-state index >= 15 is 0 Å². The maximum absolute atomic E-state index is 11.8. The van der Waals surface area contributed by atoms with Gasteiger partial charge in [0.2, 0.25) is 5.82 Å². The zero-order chi connectivity index (χ0) is 20.2. The highest BCUT2D eigenvalue weighted by Crippen LogP contribution is 2.37. The monoisotopic (exact) mass is 387 g/mol. The smallest absolute Gasteiger partial charge is 0.373 e. The molecular formula is C21H17N5O3. The molecule has 0 amide bonds. The third-order valence-electron chi connectivity index (χ3n) is 4.40. The Hall–Kier alpha value is -4.07. The van der Waals surface area contributed by atoms with Gasteiger partial charge in [0, 0.05) is 17.3 Å². The molecule has 0 aliphatic heterocycles. The van der Waals surface area contributed by atoms with E-state index in [0.29, 0.717) is 17.0 Å². The maximum atomic E-state index is 11.8. The summed E-state index contributed by atoms with van der Waals surface area (Å²) in [5, 5.41) is 15.6. The quantitative estimate of drug-likeness (QED) is 0.365. The van der Waals surface area contributed by atoms with E-state index < -0.39 is 4.92 Å². The fraction of sp³-hybridized carbons (Fsp3) is 0.0952. The molecule has 2 aromatic heterocycles. The van der Waals surface area contributed by atoms with Gasteiger partial charge in [-0.05, 0) is 36.2 Å². The number of pyridine rings is 1. The van der Waals surface area contributed by atoms with E-state index in [1.807, 2.05) is 42.5 Å². The molecule has 0 aliphatic carbocycles. The molecule has 8 heteroatoms. The van der Waals surface area contributed by atoms with Crippen molar-refractivity contribution in [3.8, 4) is 11.6 Å². The van der Waals surface area contributed by atoms with E-state index in [9.17, 15) is 10.1 Å². The largest absolute Gasteiger partial charge is 0.431 e. The van der Waals surface area contributed by atoms with E-state index in [1.165, 1.54) is 11.9 Å². The van der Waals surface area contributed by atoms with Gasteiger partial charge in [-0.2, -0.15) is 4.98 Å². The van der Waals surface area contributed by atoms with Crippen molar-refractivity contribution >= 4 is 28.1 Å². The second kappa shape index (κ2) is 7.89. The average Bonchev–Trinajstić information content (AvgIpc) is 2.74. The van der Waals surface area contributed by atoms with Crippen molar-refractivity contribution in [1.82, 2.24) is 15.0 Å². The predicted octanol–water partition coefficient (Wildman–Crippen LogP) is 5.03. The lowest BCUT2D eigenvalue weighted by Crippen LogP contribution is -2.04. The third kappa shape index (κ3) is 3.81. The molecule has 0 spiro atoms. The molecule has 0 bridgehead atoms. The van der Waals surface area contributed by atoms with Crippen LogP contribution in [0.1, 0.15) is 12.5 Å². The Morgan fingerprint density at radius 2 is 1.83 bits per heavy atom. The number of ether oxygens (including phenoxy) is 1. The summed E-state index contributed by atoms with van der Waals surface area (Å²) in [6, 6.07) is 16.7. The number of para-hydroxylation sites is 1. The van der Waals surface area contributed by atoms with Crippen molar-refractivity contribution in [3.63, 3.8) is 0 Å². The minimum Gasteiger partial charge on any atom is -0.431 e. The molecule has 8 nitrogen and oxygen atoms in total. The van der Waals surface area contributed by atoms with Gasteiger partial charge < -0.3 is 10.1 Å². The van der Waals surface area contributed by atoms with Crippen LogP contribution in [0, 0.1) is 10.1 Å². The molecule has 0 aliphatic rings. The second-order valence-corrected chi connectivity index (χ2v) is 6.24. The molecule has 0 saturated heterocycles. The van der Waals surface area contributed by atoms with Crippen LogP contribution in [0.15, 0.2) is 67.1 Å². The summed E-state index contributed by atoms with van der Waals surface area (Å²) in [6.07, 6.45) is 3.77. The first kappa shape index (κ1) is 18.3. The van der Waals surface area contributed by atoms with E-state index in [2.05, 4.69) is 27.2 Å². The first-order valence-electron chi connectivity index (χ1n) is 9.02. The molecule has 2 heterocycles. The van der Waals surface area contributed by atoms with Gasteiger partial charge in [0.15, 0.2) is 5.75 Å². The van der Waals surface area contributed by atoms with Crippen molar-refractivity contribution < 1.29 is 9.66 Å². The maximum Gasteiger partial charge on any atom is 0.373 e. The number of nitrogens with zero attached hydrogens (tertiary/aromatic N) is 4. The standard InChI is InChI=1S/C21H17N5O3/c1-2-14-8-10-16(11-9-14)25-20-19(26(27)28)21(24-13-23-20)29-17-7-3-5-15-6-4-12-22-18(15)17/h3-13H,2H2,1H3,(H,23,24,25). The number of fused-ring (bicyclic) bond motifs is 1. The number of anilines is 2. The van der Waals surface area contributed by atoms with Gasteiger partial charge in [-0.15, -0.1) is 0 Å². The number of aromatic nitrogens is 3. The van der Waals surface area contributed by atoms with Gasteiger partial charge in [-0.25, -0.2) is 4.98 Å². The summed E-state index contributed by atoms with van der Waals surface area (Å²) in [5.74, 6) is 0.274. The number of rotatable bonds is 6. The Balaban J connectivity index is 1.72. The highest BCUT2D eigenvalue weighted by atomic mass is 16.6. The van der Waals surface area contributed by atoms with Gasteiger partial charge in [-0.1, -0.05) is 37.3 Å². The number of nitro groups is 1. The van der Waals surface area contributed by atoms with E-state index in [0.717, 1.165) is 11.8 Å². The highest BCUT2D eigenvalue weighted by molar-refractivity contribution is 5.84. The summed E-state index contributed by atoms with van der Waals surface area (Å²) >= 11 is 0. The van der Waals surface area contributed by atoms with Crippen molar-refractivity contribution in [2.45, 2.75) is 13.3 Å². The van der Waals surface area contributed by atoms with E-state index in [1.54, 1.807) is 18.3 Å². The number of nitrogens with one attached hydrogen (secondary N) is 1. The summed E-state index contributed by atoms with van der Waals surface area (Å²) in [7, 11) is 0. The lowest BCUT2D eigenvalue weighted by Gasteiger charge is -2.10. The molecule has 0 radical (unpaired) electrons. The summed E-state index contributed by atoms with van der Waals surface area (Å²) in [5.41, 5.74) is 2.09. The Bertz CT molecular complexity index is 1170. The second-order valence-electron chi connectivity index (χ2n) is 6.24. The number of benzene rings is 2. The van der Waals surface area contributed by atoms with Gasteiger partial charge >= 0.3 is 11.6 Å². The molecule has 144 valence electrons. The zero-order valence-corrected chi connectivity index (χ0v) is 15.6. The van der Waals surface area contributed by atoms with Crippen LogP contribution in [0.4, 0.5) is 17.2 Å². The molecule has 2 aromatic carbocycles. The molecule has 0 unspecified atom stereocenters. The van der Waals surface area contributed by atoms with Gasteiger partial charge in [0.05, 0.1) is 4.92 Å². The van der Waals surface area contributed by atoms with Crippen molar-refractivity contribution in [3.05, 3.63) is 82.8 Å². The van der Waals surface area contributed by atoms with Crippen LogP contribution >= 0.6 is 0 Å². The van der Waals surface area contributed by atoms with Crippen LogP contribution in [0.2, 0.25) is 0 Å². The van der Waals surface area contributed by atoms with Crippen LogP contribution in [0.3, 0.4) is 0 Å². The lowest BCUT2D eigenvalue weighted by atomic mass is 10.1. The van der Waals surface area contributed by atoms with E-state index in [-0.39, 0.29) is 17.4 Å². The number of hydrogen-bond donors (Lipinski definition) is 1. The minimum atomic E-state index is -0.559. The molecule has 0 atom stereocenters. The Kier molecular flexibility index (Phi) is 4.98. The molecular weight excluding hydrogens is 370 g/mol. The fourth-order valence-corrected chi connectivity index (χ4v) is 2.92. The van der Waals surface area contributed by atoms with Gasteiger partial charge in [0.1, 0.15) is 11.8 Å². The fourth-order valence-electron chi connectivity index (χ4n) is 2.92. The SMILES string of the molecule is CCc1ccc(Nc2ncnc(Oc3cccc4cccnc34)c2[N+](=O)[O-])cc1. The highest BCUT2D eigenvalue weighted by Gasteiger charge is 2.25. The van der Waals surface area contributed by atoms with Gasteiger partial charge in [0.25, 0.3) is 0 Å².